The number of nitrogen functional groups attached to an aromatic ring is 1. The second-order valence-electron chi connectivity index (χ2n) is 11.1. The van der Waals surface area contributed by atoms with E-state index < -0.39 is 23.9 Å². The topological polar surface area (TPSA) is 129 Å². The van der Waals surface area contributed by atoms with E-state index in [0.29, 0.717) is 59.7 Å². The van der Waals surface area contributed by atoms with Crippen molar-refractivity contribution < 1.29 is 23.4 Å². The Morgan fingerprint density at radius 2 is 1.92 bits per heavy atom. The molecule has 4 aromatic rings. The number of alkyl halides is 3. The number of fused-ring (bicyclic) bond motifs is 2. The highest BCUT2D eigenvalue weighted by Gasteiger charge is 2.44. The fourth-order valence-corrected chi connectivity index (χ4v) is 6.32. The lowest BCUT2D eigenvalue weighted by atomic mass is 9.76. The summed E-state index contributed by atoms with van der Waals surface area (Å²) in [6.45, 7) is 0.674. The minimum atomic E-state index is -4.38. The Morgan fingerprint density at radius 3 is 2.69 bits per heavy atom. The molecule has 0 saturated heterocycles. The first-order valence-corrected chi connectivity index (χ1v) is 13.3. The van der Waals surface area contributed by atoms with E-state index in [4.69, 9.17) is 5.73 Å². The van der Waals surface area contributed by atoms with Gasteiger partial charge in [0.15, 0.2) is 0 Å². The molecule has 2 fully saturated rings. The molecular formula is C27H32F3N7O2. The number of anilines is 1. The van der Waals surface area contributed by atoms with Crippen molar-refractivity contribution in [3.8, 4) is 0 Å². The van der Waals surface area contributed by atoms with Crippen LogP contribution in [0.5, 0.6) is 0 Å². The Hall–Kier alpha value is -3.22. The molecule has 0 amide bonds. The van der Waals surface area contributed by atoms with Crippen LogP contribution in [0, 0.1) is 11.8 Å². The number of aromatic amines is 1. The van der Waals surface area contributed by atoms with Gasteiger partial charge in [0.2, 0.25) is 0 Å². The number of aromatic nitrogens is 5. The van der Waals surface area contributed by atoms with Gasteiger partial charge in [-0.25, -0.2) is 15.0 Å². The number of hydrogen-bond acceptors (Lipinski definition) is 7. The second-order valence-corrected chi connectivity index (χ2v) is 11.1. The summed E-state index contributed by atoms with van der Waals surface area (Å²) in [7, 11) is 2.06. The van der Waals surface area contributed by atoms with E-state index in [1.807, 2.05) is 16.8 Å². The molecule has 0 unspecified atom stereocenters. The van der Waals surface area contributed by atoms with Crippen molar-refractivity contribution in [3.05, 3.63) is 48.2 Å². The SMILES string of the molecule is CN(C[C@H]1C[C@@H](n2ccc3c(N)ncnc32)[C@H](O)[C@@H]1O)C1CC(CCc2nc3cc(C(F)(F)F)ccc3[nH]2)C1. The molecule has 0 bridgehead atoms. The molecule has 2 saturated carbocycles. The molecule has 39 heavy (non-hydrogen) atoms. The highest BCUT2D eigenvalue weighted by atomic mass is 19.4. The average Bonchev–Trinajstić information content (AvgIpc) is 3.54. The van der Waals surface area contributed by atoms with Crippen molar-refractivity contribution in [2.24, 2.45) is 11.8 Å². The zero-order valence-electron chi connectivity index (χ0n) is 21.5. The van der Waals surface area contributed by atoms with Gasteiger partial charge >= 0.3 is 6.18 Å². The summed E-state index contributed by atoms with van der Waals surface area (Å²) < 4.78 is 40.8. The first-order chi connectivity index (χ1) is 18.6. The van der Waals surface area contributed by atoms with E-state index in [1.165, 1.54) is 12.4 Å². The Labute approximate surface area is 222 Å². The molecule has 2 aliphatic carbocycles. The maximum atomic E-state index is 13.0. The van der Waals surface area contributed by atoms with Crippen LogP contribution in [0.15, 0.2) is 36.8 Å². The van der Waals surface area contributed by atoms with Crippen LogP contribution < -0.4 is 5.73 Å². The van der Waals surface area contributed by atoms with Gasteiger partial charge in [-0.05, 0) is 62.9 Å². The Morgan fingerprint density at radius 1 is 1.13 bits per heavy atom. The van der Waals surface area contributed by atoms with Gasteiger partial charge in [0, 0.05) is 31.1 Å². The van der Waals surface area contributed by atoms with Crippen LogP contribution in [0.3, 0.4) is 0 Å². The largest absolute Gasteiger partial charge is 0.416 e. The highest BCUT2D eigenvalue weighted by molar-refractivity contribution is 5.86. The van der Waals surface area contributed by atoms with Crippen molar-refractivity contribution in [1.82, 2.24) is 29.4 Å². The Bertz CT molecular complexity index is 1480. The smallest absolute Gasteiger partial charge is 0.390 e. The fraction of sp³-hybridized carbons (Fsp3) is 0.519. The summed E-state index contributed by atoms with van der Waals surface area (Å²) in [5, 5.41) is 22.4. The number of aliphatic hydroxyl groups is 2. The number of hydrogen-bond donors (Lipinski definition) is 4. The molecule has 12 heteroatoms. The van der Waals surface area contributed by atoms with Gasteiger partial charge in [0.25, 0.3) is 0 Å². The standard InChI is InChI=1S/C27H32F3N7O2/c1-36(12-15-10-21(24(39)23(15)38)37-7-6-18-25(31)32-13-33-26(18)37)17-8-14(9-17)2-5-22-34-19-4-3-16(27(28,29)30)11-20(19)35-22/h3-4,6-7,11,13-15,17,21,23-24,38-39H,2,5,8-10,12H2,1H3,(H,34,35)(H2,31,32,33)/t14?,15-,17?,21-,23-,24+/m1/s1. The third kappa shape index (κ3) is 4.85. The molecule has 0 aliphatic heterocycles. The second kappa shape index (κ2) is 9.76. The average molecular weight is 544 g/mol. The van der Waals surface area contributed by atoms with Crippen molar-refractivity contribution in [1.29, 1.82) is 0 Å². The molecule has 208 valence electrons. The number of halogens is 3. The van der Waals surface area contributed by atoms with Crippen molar-refractivity contribution in [2.45, 2.75) is 62.6 Å². The Balaban J connectivity index is 1.01. The summed E-state index contributed by atoms with van der Waals surface area (Å²) in [5.41, 5.74) is 6.87. The lowest BCUT2D eigenvalue weighted by molar-refractivity contribution is -0.137. The van der Waals surface area contributed by atoms with Gasteiger partial charge in [-0.3, -0.25) is 0 Å². The van der Waals surface area contributed by atoms with Crippen LogP contribution in [0.25, 0.3) is 22.1 Å². The van der Waals surface area contributed by atoms with Crippen LogP contribution in [-0.4, -0.2) is 71.5 Å². The number of aliphatic hydroxyl groups excluding tert-OH is 2. The summed E-state index contributed by atoms with van der Waals surface area (Å²) in [6, 6.07) is 5.53. The number of aryl methyl sites for hydroxylation is 1. The number of H-pyrrole nitrogens is 1. The molecule has 1 aromatic carbocycles. The first-order valence-electron chi connectivity index (χ1n) is 13.3. The maximum Gasteiger partial charge on any atom is 0.416 e. The van der Waals surface area contributed by atoms with Gasteiger partial charge in [0.05, 0.1) is 34.1 Å². The number of rotatable bonds is 7. The van der Waals surface area contributed by atoms with Crippen molar-refractivity contribution in [3.63, 3.8) is 0 Å². The number of imidazole rings is 1. The molecule has 0 radical (unpaired) electrons. The first kappa shape index (κ1) is 26.0. The lowest BCUT2D eigenvalue weighted by Gasteiger charge is -2.42. The molecule has 5 N–H and O–H groups in total. The predicted molar refractivity (Wildman–Crippen MR) is 140 cm³/mol. The van der Waals surface area contributed by atoms with E-state index in [2.05, 4.69) is 31.9 Å². The van der Waals surface area contributed by atoms with E-state index in [-0.39, 0.29) is 12.0 Å². The summed E-state index contributed by atoms with van der Waals surface area (Å²) in [5.74, 6) is 1.53. The van der Waals surface area contributed by atoms with Gasteiger partial charge in [-0.15, -0.1) is 0 Å². The molecule has 3 aromatic heterocycles. The zero-order chi connectivity index (χ0) is 27.5. The molecule has 0 spiro atoms. The van der Waals surface area contributed by atoms with Crippen molar-refractivity contribution in [2.75, 3.05) is 19.3 Å². The molecule has 3 heterocycles. The number of nitrogens with two attached hydrogens (primary N) is 1. The minimum absolute atomic E-state index is 0.0807. The molecule has 2 aliphatic rings. The van der Waals surface area contributed by atoms with E-state index in [0.717, 1.165) is 36.8 Å². The van der Waals surface area contributed by atoms with Crippen LogP contribution in [0.2, 0.25) is 0 Å². The summed E-state index contributed by atoms with van der Waals surface area (Å²) in [4.78, 5) is 18.1. The minimum Gasteiger partial charge on any atom is -0.390 e. The monoisotopic (exact) mass is 543 g/mol. The summed E-state index contributed by atoms with van der Waals surface area (Å²) >= 11 is 0. The van der Waals surface area contributed by atoms with Crippen LogP contribution in [0.4, 0.5) is 19.0 Å². The molecule has 6 rings (SSSR count). The van der Waals surface area contributed by atoms with Crippen LogP contribution >= 0.6 is 0 Å². The third-order valence-electron chi connectivity index (χ3n) is 8.67. The van der Waals surface area contributed by atoms with Gasteiger partial charge in [0.1, 0.15) is 29.7 Å². The normalized spacial score (nSPS) is 27.6. The van der Waals surface area contributed by atoms with Crippen LogP contribution in [-0.2, 0) is 12.6 Å². The van der Waals surface area contributed by atoms with E-state index in [9.17, 15) is 23.4 Å². The zero-order valence-corrected chi connectivity index (χ0v) is 21.5. The van der Waals surface area contributed by atoms with Gasteiger partial charge in [-0.1, -0.05) is 0 Å². The number of benzene rings is 1. The third-order valence-corrected chi connectivity index (χ3v) is 8.67. The van der Waals surface area contributed by atoms with Crippen LogP contribution in [0.1, 0.15) is 43.1 Å². The van der Waals surface area contributed by atoms with Gasteiger partial charge in [-0.2, -0.15) is 13.2 Å². The van der Waals surface area contributed by atoms with Gasteiger partial charge < -0.3 is 30.4 Å². The predicted octanol–water partition coefficient (Wildman–Crippen LogP) is 3.53. The fourth-order valence-electron chi connectivity index (χ4n) is 6.32. The quantitative estimate of drug-likeness (QED) is 0.281. The number of nitrogens with one attached hydrogen (secondary N) is 1. The molecule has 9 nitrogen and oxygen atoms in total. The lowest BCUT2D eigenvalue weighted by Crippen LogP contribution is -2.46. The van der Waals surface area contributed by atoms with Crippen molar-refractivity contribution >= 4 is 27.9 Å². The van der Waals surface area contributed by atoms with E-state index in [1.54, 1.807) is 0 Å². The summed E-state index contributed by atoms with van der Waals surface area (Å²) in [6.07, 6.45) is 1.38. The Kier molecular flexibility index (Phi) is 6.51. The van der Waals surface area contributed by atoms with E-state index >= 15 is 0 Å². The molecule has 4 atom stereocenters. The maximum absolute atomic E-state index is 13.0. The highest BCUT2D eigenvalue weighted by Crippen LogP contribution is 2.40. The number of nitrogens with zero attached hydrogens (tertiary/aromatic N) is 5. The molecular weight excluding hydrogens is 511 g/mol.